The van der Waals surface area contributed by atoms with Gasteiger partial charge in [-0.15, -0.1) is 0 Å². The molecule has 0 amide bonds. The van der Waals surface area contributed by atoms with Crippen LogP contribution in [0.5, 0.6) is 0 Å². The molecule has 0 saturated carbocycles. The minimum atomic E-state index is 0.292. The van der Waals surface area contributed by atoms with E-state index >= 15 is 0 Å². The molecule has 1 atom stereocenters. The Labute approximate surface area is 81.0 Å². The average molecular weight is 177 g/mol. The van der Waals surface area contributed by atoms with E-state index < -0.39 is 0 Å². The zero-order chi connectivity index (χ0) is 9.68. The number of fused-ring (bicyclic) bond motifs is 1. The van der Waals surface area contributed by atoms with E-state index in [2.05, 4.69) is 24.3 Å². The second kappa shape index (κ2) is 5.03. The fourth-order valence-corrected chi connectivity index (χ4v) is 1.79. The largest absolute Gasteiger partial charge is 0.324 e. The summed E-state index contributed by atoms with van der Waals surface area (Å²) < 4.78 is 0. The first-order chi connectivity index (χ1) is 6.38. The summed E-state index contributed by atoms with van der Waals surface area (Å²) in [5.41, 5.74) is 8.76. The Hall–Kier alpha value is -0.820. The van der Waals surface area contributed by atoms with E-state index in [1.165, 1.54) is 24.0 Å². The summed E-state index contributed by atoms with van der Waals surface area (Å²) in [6.07, 6.45) is 3.61. The third-order valence-corrected chi connectivity index (χ3v) is 2.42. The molecule has 0 spiro atoms. The molecule has 1 aliphatic carbocycles. The Bertz CT molecular complexity index is 255. The SMILES string of the molecule is CC.N[C@@H]1CCCc2ccccc21. The number of hydrogen-bond acceptors (Lipinski definition) is 1. The molecule has 13 heavy (non-hydrogen) atoms. The molecule has 0 unspecified atom stereocenters. The molecule has 0 heterocycles. The molecular formula is C12H19N. The van der Waals surface area contributed by atoms with Gasteiger partial charge in [-0.25, -0.2) is 0 Å². The van der Waals surface area contributed by atoms with Gasteiger partial charge in [-0.3, -0.25) is 0 Å². The molecule has 2 rings (SSSR count). The summed E-state index contributed by atoms with van der Waals surface area (Å²) >= 11 is 0. The molecule has 0 radical (unpaired) electrons. The van der Waals surface area contributed by atoms with Gasteiger partial charge in [-0.1, -0.05) is 38.1 Å². The van der Waals surface area contributed by atoms with Crippen LogP contribution in [0.3, 0.4) is 0 Å². The van der Waals surface area contributed by atoms with E-state index in [0.29, 0.717) is 6.04 Å². The number of benzene rings is 1. The van der Waals surface area contributed by atoms with Crippen molar-refractivity contribution in [3.8, 4) is 0 Å². The summed E-state index contributed by atoms with van der Waals surface area (Å²) in [7, 11) is 0. The van der Waals surface area contributed by atoms with Crippen LogP contribution >= 0.6 is 0 Å². The van der Waals surface area contributed by atoms with E-state index in [1.807, 2.05) is 13.8 Å². The monoisotopic (exact) mass is 177 g/mol. The maximum Gasteiger partial charge on any atom is 0.0297 e. The topological polar surface area (TPSA) is 26.0 Å². The van der Waals surface area contributed by atoms with Crippen LogP contribution in [-0.4, -0.2) is 0 Å². The summed E-state index contributed by atoms with van der Waals surface area (Å²) in [6, 6.07) is 8.80. The van der Waals surface area contributed by atoms with Crippen molar-refractivity contribution in [1.82, 2.24) is 0 Å². The van der Waals surface area contributed by atoms with E-state index in [-0.39, 0.29) is 0 Å². The highest BCUT2D eigenvalue weighted by Gasteiger charge is 2.14. The van der Waals surface area contributed by atoms with Crippen LogP contribution in [0.4, 0.5) is 0 Å². The Morgan fingerprint density at radius 2 is 1.92 bits per heavy atom. The van der Waals surface area contributed by atoms with Crippen molar-refractivity contribution in [2.75, 3.05) is 0 Å². The summed E-state index contributed by atoms with van der Waals surface area (Å²) in [5, 5.41) is 0. The number of rotatable bonds is 0. The van der Waals surface area contributed by atoms with Crippen molar-refractivity contribution >= 4 is 0 Å². The predicted molar refractivity (Wildman–Crippen MR) is 57.7 cm³/mol. The van der Waals surface area contributed by atoms with Crippen LogP contribution in [0, 0.1) is 0 Å². The first-order valence-corrected chi connectivity index (χ1v) is 5.21. The van der Waals surface area contributed by atoms with Crippen molar-refractivity contribution < 1.29 is 0 Å². The molecule has 1 aromatic carbocycles. The first-order valence-electron chi connectivity index (χ1n) is 5.21. The van der Waals surface area contributed by atoms with Gasteiger partial charge in [0, 0.05) is 6.04 Å². The third kappa shape index (κ3) is 2.31. The molecule has 1 heteroatoms. The van der Waals surface area contributed by atoms with Crippen LogP contribution in [0.2, 0.25) is 0 Å². The van der Waals surface area contributed by atoms with Gasteiger partial charge in [-0.2, -0.15) is 0 Å². The van der Waals surface area contributed by atoms with Crippen LogP contribution in [-0.2, 0) is 6.42 Å². The fourth-order valence-electron chi connectivity index (χ4n) is 1.79. The second-order valence-electron chi connectivity index (χ2n) is 3.20. The zero-order valence-corrected chi connectivity index (χ0v) is 8.59. The molecule has 2 N–H and O–H groups in total. The van der Waals surface area contributed by atoms with Gasteiger partial charge in [0.15, 0.2) is 0 Å². The van der Waals surface area contributed by atoms with Crippen molar-refractivity contribution in [1.29, 1.82) is 0 Å². The number of nitrogens with two attached hydrogens (primary N) is 1. The highest BCUT2D eigenvalue weighted by atomic mass is 14.6. The molecule has 1 aliphatic rings. The Morgan fingerprint density at radius 3 is 2.62 bits per heavy atom. The second-order valence-corrected chi connectivity index (χ2v) is 3.20. The molecule has 0 bridgehead atoms. The van der Waals surface area contributed by atoms with Crippen molar-refractivity contribution in [3.63, 3.8) is 0 Å². The number of hydrogen-bond donors (Lipinski definition) is 1. The van der Waals surface area contributed by atoms with E-state index in [4.69, 9.17) is 5.73 Å². The van der Waals surface area contributed by atoms with E-state index in [0.717, 1.165) is 6.42 Å². The van der Waals surface area contributed by atoms with Crippen molar-refractivity contribution in [2.45, 2.75) is 39.2 Å². The summed E-state index contributed by atoms with van der Waals surface area (Å²) in [5.74, 6) is 0. The van der Waals surface area contributed by atoms with E-state index in [1.54, 1.807) is 0 Å². The van der Waals surface area contributed by atoms with Gasteiger partial charge < -0.3 is 5.73 Å². The van der Waals surface area contributed by atoms with Crippen LogP contribution in [0.15, 0.2) is 24.3 Å². The standard InChI is InChI=1S/C10H13N.C2H6/c11-10-7-3-5-8-4-1-2-6-9(8)10;1-2/h1-2,4,6,10H,3,5,7,11H2;1-2H3/t10-;/m1./s1. The highest BCUT2D eigenvalue weighted by molar-refractivity contribution is 5.31. The minimum Gasteiger partial charge on any atom is -0.324 e. The van der Waals surface area contributed by atoms with Gasteiger partial charge in [0.2, 0.25) is 0 Å². The lowest BCUT2D eigenvalue weighted by Gasteiger charge is -2.21. The average Bonchev–Trinajstić information content (AvgIpc) is 2.22. The lowest BCUT2D eigenvalue weighted by atomic mass is 9.88. The maximum atomic E-state index is 5.95. The molecular weight excluding hydrogens is 158 g/mol. The molecule has 0 saturated heterocycles. The lowest BCUT2D eigenvalue weighted by Crippen LogP contribution is -2.16. The zero-order valence-electron chi connectivity index (χ0n) is 8.59. The Balaban J connectivity index is 0.000000396. The minimum absolute atomic E-state index is 0.292. The quantitative estimate of drug-likeness (QED) is 0.647. The maximum absolute atomic E-state index is 5.95. The summed E-state index contributed by atoms with van der Waals surface area (Å²) in [6.45, 7) is 4.00. The van der Waals surface area contributed by atoms with Crippen molar-refractivity contribution in [2.24, 2.45) is 5.73 Å². The molecule has 1 aromatic rings. The molecule has 0 fully saturated rings. The lowest BCUT2D eigenvalue weighted by molar-refractivity contribution is 0.570. The highest BCUT2D eigenvalue weighted by Crippen LogP contribution is 2.26. The van der Waals surface area contributed by atoms with Gasteiger partial charge in [0.05, 0.1) is 0 Å². The normalized spacial score (nSPS) is 19.8. The molecule has 1 nitrogen and oxygen atoms in total. The van der Waals surface area contributed by atoms with Gasteiger partial charge in [0.25, 0.3) is 0 Å². The predicted octanol–water partition coefficient (Wildman–Crippen LogP) is 3.05. The fraction of sp³-hybridized carbons (Fsp3) is 0.500. The van der Waals surface area contributed by atoms with Crippen molar-refractivity contribution in [3.05, 3.63) is 35.4 Å². The smallest absolute Gasteiger partial charge is 0.0297 e. The van der Waals surface area contributed by atoms with Crippen LogP contribution in [0.1, 0.15) is 43.9 Å². The summed E-state index contributed by atoms with van der Waals surface area (Å²) in [4.78, 5) is 0. The number of aryl methyl sites for hydroxylation is 1. The van der Waals surface area contributed by atoms with Gasteiger partial charge >= 0.3 is 0 Å². The van der Waals surface area contributed by atoms with Crippen LogP contribution < -0.4 is 5.73 Å². The van der Waals surface area contributed by atoms with Gasteiger partial charge in [0.1, 0.15) is 0 Å². The molecule has 0 aromatic heterocycles. The van der Waals surface area contributed by atoms with E-state index in [9.17, 15) is 0 Å². The molecule has 72 valence electrons. The van der Waals surface area contributed by atoms with Gasteiger partial charge in [-0.05, 0) is 30.4 Å². The molecule has 0 aliphatic heterocycles. The Kier molecular flexibility index (Phi) is 3.97. The third-order valence-electron chi connectivity index (χ3n) is 2.42. The Morgan fingerprint density at radius 1 is 1.23 bits per heavy atom. The first kappa shape index (κ1) is 10.3. The van der Waals surface area contributed by atoms with Crippen LogP contribution in [0.25, 0.3) is 0 Å².